The summed E-state index contributed by atoms with van der Waals surface area (Å²) < 4.78 is 9.83. The Morgan fingerprint density at radius 1 is 0.711 bits per heavy atom. The van der Waals surface area contributed by atoms with Crippen LogP contribution < -0.4 is 0 Å². The number of esters is 2. The van der Waals surface area contributed by atoms with E-state index in [2.05, 4.69) is 9.58 Å². The van der Waals surface area contributed by atoms with Crippen LogP contribution in [-0.2, 0) is 28.7 Å². The number of β-amino-alcohol motifs (C(OH)–C–C–N with tert-alkyl or cyclic N) is 1. The minimum Gasteiger partial charge on any atom is -0.455 e. The number of aliphatic hydroxyl groups is 4. The van der Waals surface area contributed by atoms with Crippen LogP contribution in [0.15, 0.2) is 0 Å². The van der Waals surface area contributed by atoms with Gasteiger partial charge in [-0.15, -0.1) is 0 Å². The molecule has 1 heterocycles. The lowest BCUT2D eigenvalue weighted by molar-refractivity contribution is -0.341. The third-order valence-corrected chi connectivity index (χ3v) is 5.41. The summed E-state index contributed by atoms with van der Waals surface area (Å²) in [5, 5.41) is 41.3. The minimum absolute atomic E-state index is 0.268. The van der Waals surface area contributed by atoms with Crippen molar-refractivity contribution in [3.63, 3.8) is 0 Å². The van der Waals surface area contributed by atoms with Gasteiger partial charge in [-0.1, -0.05) is 27.7 Å². The average molecular weight is 544 g/mol. The van der Waals surface area contributed by atoms with E-state index in [1.165, 1.54) is 27.7 Å². The third kappa shape index (κ3) is 8.13. The first-order valence-electron chi connectivity index (χ1n) is 11.6. The molecule has 2 atom stereocenters. The molecule has 38 heavy (non-hydrogen) atoms. The molecule has 0 aliphatic carbocycles. The third-order valence-electron chi connectivity index (χ3n) is 5.41. The number of Topliss-reactive ketones (excluding diaryl/α,β-unsaturated/α-hetero) is 2. The van der Waals surface area contributed by atoms with Gasteiger partial charge in [0.05, 0.1) is 6.61 Å². The van der Waals surface area contributed by atoms with Gasteiger partial charge in [0, 0.05) is 31.5 Å². The molecule has 1 aliphatic rings. The molecule has 0 aromatic rings. The Morgan fingerprint density at radius 3 is 1.29 bits per heavy atom. The molecule has 17 heteroatoms. The molecule has 17 nitrogen and oxygen atoms in total. The molecule has 1 aliphatic heterocycles. The summed E-state index contributed by atoms with van der Waals surface area (Å²) in [6.07, 6.45) is -5.09. The van der Waals surface area contributed by atoms with Gasteiger partial charge < -0.3 is 41.0 Å². The predicted octanol–water partition coefficient (Wildman–Crippen LogP) is -3.40. The molecule has 0 bridgehead atoms. The van der Waals surface area contributed by atoms with E-state index in [1.54, 1.807) is 0 Å². The highest BCUT2D eigenvalue weighted by Crippen LogP contribution is 2.22. The SMILES string of the molecule is CC(C)C(=O)C(=[N+]=[N-])C(=O)OCCN1C(O)N(CCO)C(O)N(CCOC(=O)C(=[N+]=[N-])C(=O)C(C)C)C1O. The number of hydrogen-bond acceptors (Lipinski definition) is 13. The molecule has 212 valence electrons. The maximum absolute atomic E-state index is 12.1. The zero-order chi connectivity index (χ0) is 29.2. The standard InChI is InChI=1S/C21H33N7O10/c1-11(2)15(30)13(24-22)17(32)37-9-6-27-19(34)26(5-8-29)20(35)28(21(27)36)7-10-38-18(33)14(25-23)16(31)12(3)4/h11-12,19-21,29,34-36H,5-10H2,1-4H3. The number of carbonyl (C=O) groups is 4. The Morgan fingerprint density at radius 2 is 1.03 bits per heavy atom. The van der Waals surface area contributed by atoms with Crippen LogP contribution >= 0.6 is 0 Å². The van der Waals surface area contributed by atoms with E-state index in [9.17, 15) is 39.6 Å². The predicted molar refractivity (Wildman–Crippen MR) is 124 cm³/mol. The quantitative estimate of drug-likeness (QED) is 0.0549. The molecule has 0 aromatic carbocycles. The number of aliphatic hydroxyl groups excluding tert-OH is 4. The van der Waals surface area contributed by atoms with Gasteiger partial charge in [-0.25, -0.2) is 24.3 Å². The van der Waals surface area contributed by atoms with Crippen molar-refractivity contribution < 1.29 is 58.7 Å². The maximum Gasteiger partial charge on any atom is 0.441 e. The van der Waals surface area contributed by atoms with Gasteiger partial charge in [-0.3, -0.25) is 9.59 Å². The topological polar surface area (TPSA) is 250 Å². The van der Waals surface area contributed by atoms with E-state index >= 15 is 0 Å². The second-order valence-corrected chi connectivity index (χ2v) is 8.68. The van der Waals surface area contributed by atoms with Gasteiger partial charge in [-0.05, 0) is 0 Å². The largest absolute Gasteiger partial charge is 0.455 e. The molecular formula is C21H33N7O10. The van der Waals surface area contributed by atoms with Crippen LogP contribution in [0.3, 0.4) is 0 Å². The molecule has 1 rings (SSSR count). The molecule has 1 saturated heterocycles. The van der Waals surface area contributed by atoms with Gasteiger partial charge in [0.2, 0.25) is 0 Å². The highest BCUT2D eigenvalue weighted by molar-refractivity contribution is 6.63. The summed E-state index contributed by atoms with van der Waals surface area (Å²) in [7, 11) is 0. The Balaban J connectivity index is 2.92. The first-order chi connectivity index (χ1) is 17.8. The Hall–Kier alpha value is -3.24. The second-order valence-electron chi connectivity index (χ2n) is 8.68. The number of nitrogens with zero attached hydrogens (tertiary/aromatic N) is 7. The first kappa shape index (κ1) is 32.8. The lowest BCUT2D eigenvalue weighted by atomic mass is 10.1. The van der Waals surface area contributed by atoms with Crippen molar-refractivity contribution in [3.8, 4) is 0 Å². The highest BCUT2D eigenvalue weighted by Gasteiger charge is 2.44. The van der Waals surface area contributed by atoms with E-state index in [1.807, 2.05) is 0 Å². The second kappa shape index (κ2) is 15.2. The molecule has 2 unspecified atom stereocenters. The van der Waals surface area contributed by atoms with Crippen molar-refractivity contribution in [2.75, 3.05) is 39.5 Å². The number of carbonyl (C=O) groups excluding carboxylic acids is 4. The monoisotopic (exact) mass is 543 g/mol. The fourth-order valence-corrected chi connectivity index (χ4v) is 3.29. The normalized spacial score (nSPS) is 20.5. The van der Waals surface area contributed by atoms with Crippen LogP contribution in [0.5, 0.6) is 0 Å². The van der Waals surface area contributed by atoms with Crippen LogP contribution in [-0.4, -0.2) is 138 Å². The minimum atomic E-state index is -1.74. The molecule has 0 saturated carbocycles. The van der Waals surface area contributed by atoms with Crippen molar-refractivity contribution in [2.24, 2.45) is 11.8 Å². The Labute approximate surface area is 218 Å². The smallest absolute Gasteiger partial charge is 0.441 e. The van der Waals surface area contributed by atoms with E-state index in [4.69, 9.17) is 20.5 Å². The molecule has 4 N–H and O–H groups in total. The fourth-order valence-electron chi connectivity index (χ4n) is 3.29. The summed E-state index contributed by atoms with van der Waals surface area (Å²) in [6, 6.07) is 0. The van der Waals surface area contributed by atoms with Crippen molar-refractivity contribution in [1.29, 1.82) is 0 Å². The highest BCUT2D eigenvalue weighted by atomic mass is 16.5. The Bertz CT molecular complexity index is 917. The van der Waals surface area contributed by atoms with E-state index in [0.717, 1.165) is 14.7 Å². The van der Waals surface area contributed by atoms with Gasteiger partial charge in [-0.2, -0.15) is 9.58 Å². The summed E-state index contributed by atoms with van der Waals surface area (Å²) in [6.45, 7) is 3.42. The summed E-state index contributed by atoms with van der Waals surface area (Å²) in [5.41, 5.74) is 16.3. The number of hydrogen-bond donors (Lipinski definition) is 4. The molecule has 0 spiro atoms. The van der Waals surface area contributed by atoms with Crippen LogP contribution in [0, 0.1) is 11.8 Å². The van der Waals surface area contributed by atoms with Crippen molar-refractivity contribution >= 4 is 34.9 Å². The van der Waals surface area contributed by atoms with Gasteiger partial charge in [0.1, 0.15) is 13.2 Å². The lowest BCUT2D eigenvalue weighted by Crippen LogP contribution is -2.72. The van der Waals surface area contributed by atoms with Crippen molar-refractivity contribution in [2.45, 2.75) is 46.8 Å². The van der Waals surface area contributed by atoms with Crippen LogP contribution in [0.1, 0.15) is 27.7 Å². The van der Waals surface area contributed by atoms with Crippen LogP contribution in [0.2, 0.25) is 0 Å². The Kier molecular flexibility index (Phi) is 13.1. The molecule has 0 radical (unpaired) electrons. The van der Waals surface area contributed by atoms with Gasteiger partial charge in [0.25, 0.3) is 11.6 Å². The molecular weight excluding hydrogens is 510 g/mol. The van der Waals surface area contributed by atoms with E-state index in [-0.39, 0.29) is 19.6 Å². The first-order valence-corrected chi connectivity index (χ1v) is 11.6. The van der Waals surface area contributed by atoms with E-state index in [0.29, 0.717) is 0 Å². The number of ketones is 2. The van der Waals surface area contributed by atoms with Crippen molar-refractivity contribution in [3.05, 3.63) is 11.1 Å². The summed E-state index contributed by atoms with van der Waals surface area (Å²) >= 11 is 0. The zero-order valence-corrected chi connectivity index (χ0v) is 21.5. The van der Waals surface area contributed by atoms with Crippen molar-refractivity contribution in [1.82, 2.24) is 14.7 Å². The molecule has 0 aromatic heterocycles. The molecule has 0 amide bonds. The summed E-state index contributed by atoms with van der Waals surface area (Å²) in [5.74, 6) is -5.31. The lowest BCUT2D eigenvalue weighted by Gasteiger charge is -2.51. The maximum atomic E-state index is 12.1. The fraction of sp³-hybridized carbons (Fsp3) is 0.714. The zero-order valence-electron chi connectivity index (χ0n) is 21.5. The van der Waals surface area contributed by atoms with Gasteiger partial charge in [0.15, 0.2) is 19.1 Å². The summed E-state index contributed by atoms with van der Waals surface area (Å²) in [4.78, 5) is 56.3. The van der Waals surface area contributed by atoms with E-state index < -0.39 is 85.6 Å². The average Bonchev–Trinajstić information content (AvgIpc) is 2.86. The van der Waals surface area contributed by atoms with Gasteiger partial charge >= 0.3 is 23.4 Å². The molecule has 1 fully saturated rings. The van der Waals surface area contributed by atoms with Crippen LogP contribution in [0.25, 0.3) is 11.1 Å². The van der Waals surface area contributed by atoms with Crippen LogP contribution in [0.4, 0.5) is 0 Å². The number of ether oxygens (including phenoxy) is 2. The number of rotatable bonds is 14.